The molecule has 1 aliphatic carbocycles. The maximum absolute atomic E-state index is 12.1. The van der Waals surface area contributed by atoms with Crippen molar-refractivity contribution in [2.24, 2.45) is 5.92 Å². The Bertz CT molecular complexity index is 410. The van der Waals surface area contributed by atoms with Crippen molar-refractivity contribution < 1.29 is 9.90 Å². The fourth-order valence-electron chi connectivity index (χ4n) is 3.04. The summed E-state index contributed by atoms with van der Waals surface area (Å²) in [6.45, 7) is 2.08. The maximum atomic E-state index is 12.1. The molecule has 0 heterocycles. The van der Waals surface area contributed by atoms with Crippen molar-refractivity contribution in [1.29, 1.82) is 0 Å². The van der Waals surface area contributed by atoms with Crippen molar-refractivity contribution in [2.75, 3.05) is 6.61 Å². The van der Waals surface area contributed by atoms with Gasteiger partial charge in [0, 0.05) is 18.6 Å². The minimum absolute atomic E-state index is 0.0688. The van der Waals surface area contributed by atoms with Gasteiger partial charge in [0.25, 0.3) is 0 Å². The Labute approximate surface area is 121 Å². The van der Waals surface area contributed by atoms with Crippen LogP contribution in [0.3, 0.4) is 0 Å². The maximum Gasteiger partial charge on any atom is 0.223 e. The van der Waals surface area contributed by atoms with Crippen LogP contribution >= 0.6 is 0 Å². The van der Waals surface area contributed by atoms with Crippen molar-refractivity contribution >= 4 is 5.91 Å². The Hall–Kier alpha value is -1.35. The number of aliphatic hydroxyl groups excluding tert-OH is 1. The molecule has 2 N–H and O–H groups in total. The zero-order valence-electron chi connectivity index (χ0n) is 12.2. The van der Waals surface area contributed by atoms with Gasteiger partial charge in [-0.1, -0.05) is 30.3 Å². The summed E-state index contributed by atoms with van der Waals surface area (Å²) in [5.74, 6) is 0.920. The van der Waals surface area contributed by atoms with E-state index in [0.717, 1.165) is 25.7 Å². The highest BCUT2D eigenvalue weighted by Crippen LogP contribution is 2.35. The van der Waals surface area contributed by atoms with Crippen LogP contribution in [0.5, 0.6) is 0 Å². The molecular weight excluding hydrogens is 250 g/mol. The number of hydrogen-bond acceptors (Lipinski definition) is 2. The van der Waals surface area contributed by atoms with Gasteiger partial charge < -0.3 is 10.4 Å². The first kappa shape index (κ1) is 15.0. The number of aliphatic hydroxyl groups is 1. The number of carbonyl (C=O) groups excluding carboxylic acids is 1. The molecule has 1 aliphatic rings. The smallest absolute Gasteiger partial charge is 0.223 e. The van der Waals surface area contributed by atoms with Gasteiger partial charge >= 0.3 is 0 Å². The number of carbonyl (C=O) groups is 1. The van der Waals surface area contributed by atoms with E-state index in [-0.39, 0.29) is 24.5 Å². The van der Waals surface area contributed by atoms with E-state index in [0.29, 0.717) is 12.3 Å². The van der Waals surface area contributed by atoms with Crippen molar-refractivity contribution in [1.82, 2.24) is 5.32 Å². The molecule has 1 amide bonds. The molecule has 1 unspecified atom stereocenters. The van der Waals surface area contributed by atoms with E-state index in [2.05, 4.69) is 29.6 Å². The first-order chi connectivity index (χ1) is 9.70. The van der Waals surface area contributed by atoms with Crippen LogP contribution in [0.2, 0.25) is 0 Å². The molecule has 110 valence electrons. The zero-order valence-corrected chi connectivity index (χ0v) is 12.2. The van der Waals surface area contributed by atoms with Crippen LogP contribution in [0.1, 0.15) is 50.5 Å². The predicted octanol–water partition coefficient (Wildman–Crippen LogP) is 2.85. The number of nitrogens with one attached hydrogen (secondary N) is 1. The Morgan fingerprint density at radius 2 is 1.90 bits per heavy atom. The van der Waals surface area contributed by atoms with Crippen LogP contribution in [0.25, 0.3) is 0 Å². The third-order valence-corrected chi connectivity index (χ3v) is 4.32. The molecule has 1 atom stereocenters. The number of amides is 1. The molecule has 0 aromatic heterocycles. The molecule has 1 fully saturated rings. The second kappa shape index (κ2) is 7.44. The van der Waals surface area contributed by atoms with Gasteiger partial charge in [0.2, 0.25) is 5.91 Å². The lowest BCUT2D eigenvalue weighted by molar-refractivity contribution is -0.126. The van der Waals surface area contributed by atoms with Crippen LogP contribution in [0, 0.1) is 5.92 Å². The third-order valence-electron chi connectivity index (χ3n) is 4.32. The van der Waals surface area contributed by atoms with E-state index >= 15 is 0 Å². The number of hydrogen-bond donors (Lipinski definition) is 2. The van der Waals surface area contributed by atoms with Gasteiger partial charge in [-0.2, -0.15) is 0 Å². The summed E-state index contributed by atoms with van der Waals surface area (Å²) < 4.78 is 0. The van der Waals surface area contributed by atoms with E-state index in [4.69, 9.17) is 5.11 Å². The topological polar surface area (TPSA) is 49.3 Å². The summed E-state index contributed by atoms with van der Waals surface area (Å²) >= 11 is 0. The summed E-state index contributed by atoms with van der Waals surface area (Å²) in [6, 6.07) is 10.7. The molecule has 3 heteroatoms. The zero-order chi connectivity index (χ0) is 14.4. The monoisotopic (exact) mass is 275 g/mol. The minimum atomic E-state index is 0.0688. The van der Waals surface area contributed by atoms with Crippen molar-refractivity contribution in [3.63, 3.8) is 0 Å². The largest absolute Gasteiger partial charge is 0.396 e. The van der Waals surface area contributed by atoms with E-state index in [1.807, 2.05) is 13.0 Å². The fourth-order valence-corrected chi connectivity index (χ4v) is 3.04. The minimum Gasteiger partial charge on any atom is -0.396 e. The van der Waals surface area contributed by atoms with Crippen LogP contribution in [-0.2, 0) is 4.79 Å². The van der Waals surface area contributed by atoms with Gasteiger partial charge in [0.1, 0.15) is 0 Å². The van der Waals surface area contributed by atoms with Gasteiger partial charge in [-0.15, -0.1) is 0 Å². The predicted molar refractivity (Wildman–Crippen MR) is 80.4 cm³/mol. The normalized spacial score (nSPS) is 24.1. The number of rotatable bonds is 5. The average Bonchev–Trinajstić information content (AvgIpc) is 2.48. The van der Waals surface area contributed by atoms with Gasteiger partial charge in [0.05, 0.1) is 0 Å². The quantitative estimate of drug-likeness (QED) is 0.868. The second-order valence-corrected chi connectivity index (χ2v) is 5.88. The van der Waals surface area contributed by atoms with Crippen molar-refractivity contribution in [3.05, 3.63) is 35.9 Å². The first-order valence-electron chi connectivity index (χ1n) is 7.67. The van der Waals surface area contributed by atoms with Gasteiger partial charge in [-0.05, 0) is 50.5 Å². The van der Waals surface area contributed by atoms with Crippen molar-refractivity contribution in [2.45, 2.75) is 51.0 Å². The Morgan fingerprint density at radius 1 is 1.25 bits per heavy atom. The third kappa shape index (κ3) is 4.07. The SMILES string of the molecule is CC(CCO)NC(=O)C1CCC(c2ccccc2)CC1. The molecule has 0 spiro atoms. The molecule has 20 heavy (non-hydrogen) atoms. The van der Waals surface area contributed by atoms with Crippen LogP contribution in [-0.4, -0.2) is 23.7 Å². The molecule has 2 rings (SSSR count). The summed E-state index contributed by atoms with van der Waals surface area (Å²) in [6.07, 6.45) is 4.76. The lowest BCUT2D eigenvalue weighted by Crippen LogP contribution is -2.38. The van der Waals surface area contributed by atoms with E-state index in [9.17, 15) is 4.79 Å². The van der Waals surface area contributed by atoms with Crippen LogP contribution < -0.4 is 5.32 Å². The summed E-state index contributed by atoms with van der Waals surface area (Å²) in [4.78, 5) is 12.1. The standard InChI is InChI=1S/C17H25NO2/c1-13(11-12-19)18-17(20)16-9-7-15(8-10-16)14-5-3-2-4-6-14/h2-6,13,15-16,19H,7-12H2,1H3,(H,18,20). The average molecular weight is 275 g/mol. The highest BCUT2D eigenvalue weighted by molar-refractivity contribution is 5.79. The molecule has 1 aromatic carbocycles. The van der Waals surface area contributed by atoms with Gasteiger partial charge in [-0.25, -0.2) is 0 Å². The Kier molecular flexibility index (Phi) is 5.60. The van der Waals surface area contributed by atoms with Gasteiger partial charge in [-0.3, -0.25) is 4.79 Å². The highest BCUT2D eigenvalue weighted by Gasteiger charge is 2.27. The second-order valence-electron chi connectivity index (χ2n) is 5.88. The van der Waals surface area contributed by atoms with Crippen LogP contribution in [0.15, 0.2) is 30.3 Å². The molecule has 0 aliphatic heterocycles. The van der Waals surface area contributed by atoms with E-state index < -0.39 is 0 Å². The molecule has 1 saturated carbocycles. The first-order valence-corrected chi connectivity index (χ1v) is 7.67. The molecule has 3 nitrogen and oxygen atoms in total. The highest BCUT2D eigenvalue weighted by atomic mass is 16.3. The Morgan fingerprint density at radius 3 is 2.50 bits per heavy atom. The molecular formula is C17H25NO2. The summed E-state index contributed by atoms with van der Waals surface area (Å²) in [5, 5.41) is 11.9. The van der Waals surface area contributed by atoms with E-state index in [1.165, 1.54) is 5.56 Å². The van der Waals surface area contributed by atoms with E-state index in [1.54, 1.807) is 0 Å². The lowest BCUT2D eigenvalue weighted by Gasteiger charge is -2.29. The molecule has 0 saturated heterocycles. The molecule has 0 bridgehead atoms. The van der Waals surface area contributed by atoms with Crippen LogP contribution in [0.4, 0.5) is 0 Å². The summed E-state index contributed by atoms with van der Waals surface area (Å²) in [5.41, 5.74) is 1.40. The van der Waals surface area contributed by atoms with Crippen molar-refractivity contribution in [3.8, 4) is 0 Å². The van der Waals surface area contributed by atoms with Gasteiger partial charge in [0.15, 0.2) is 0 Å². The fraction of sp³-hybridized carbons (Fsp3) is 0.588. The lowest BCUT2D eigenvalue weighted by atomic mass is 9.78. The number of benzene rings is 1. The Balaban J connectivity index is 1.80. The molecule has 1 aromatic rings. The summed E-state index contributed by atoms with van der Waals surface area (Å²) in [7, 11) is 0. The molecule has 0 radical (unpaired) electrons.